The van der Waals surface area contributed by atoms with Crippen molar-refractivity contribution in [3.8, 4) is 0 Å². The van der Waals surface area contributed by atoms with Gasteiger partial charge in [0.15, 0.2) is 5.76 Å². The molecule has 170 valence electrons. The number of hydrogen-bond donors (Lipinski definition) is 0. The molecule has 0 aliphatic carbocycles. The van der Waals surface area contributed by atoms with Gasteiger partial charge in [-0.05, 0) is 42.0 Å². The van der Waals surface area contributed by atoms with E-state index < -0.39 is 0 Å². The molecule has 33 heavy (non-hydrogen) atoms. The molecule has 8 nitrogen and oxygen atoms in total. The molecule has 0 bridgehead atoms. The summed E-state index contributed by atoms with van der Waals surface area (Å²) in [7, 11) is 0. The summed E-state index contributed by atoms with van der Waals surface area (Å²) >= 11 is 0. The summed E-state index contributed by atoms with van der Waals surface area (Å²) in [5.74, 6) is 1.26. The molecule has 1 saturated heterocycles. The highest BCUT2D eigenvalue weighted by atomic mass is 16.3. The molecule has 0 atom stereocenters. The van der Waals surface area contributed by atoms with Crippen molar-refractivity contribution in [3.05, 3.63) is 81.7 Å². The Morgan fingerprint density at radius 2 is 2.03 bits per heavy atom. The highest BCUT2D eigenvalue weighted by Gasteiger charge is 2.43. The van der Waals surface area contributed by atoms with Crippen LogP contribution < -0.4 is 5.56 Å². The third-order valence-corrected chi connectivity index (χ3v) is 7.47. The molecule has 6 rings (SSSR count). The molecule has 6 heterocycles. The lowest BCUT2D eigenvalue weighted by atomic mass is 9.77. The lowest BCUT2D eigenvalue weighted by molar-refractivity contribution is 0.0546. The van der Waals surface area contributed by atoms with Crippen molar-refractivity contribution in [1.82, 2.24) is 24.3 Å². The topological polar surface area (TPSA) is 84.5 Å². The van der Waals surface area contributed by atoms with Crippen molar-refractivity contribution >= 4 is 5.91 Å². The first-order chi connectivity index (χ1) is 16.1. The number of piperidine rings is 1. The lowest BCUT2D eigenvalue weighted by Crippen LogP contribution is -2.44. The van der Waals surface area contributed by atoms with Crippen LogP contribution in [-0.2, 0) is 32.5 Å². The monoisotopic (exact) mass is 445 g/mol. The van der Waals surface area contributed by atoms with Gasteiger partial charge in [0.1, 0.15) is 5.82 Å². The Bertz CT molecular complexity index is 1230. The predicted octanol–water partition coefficient (Wildman–Crippen LogP) is 2.27. The maximum Gasteiger partial charge on any atom is 0.289 e. The molecule has 0 radical (unpaired) electrons. The summed E-state index contributed by atoms with van der Waals surface area (Å²) < 4.78 is 7.19. The Morgan fingerprint density at radius 3 is 2.79 bits per heavy atom. The third-order valence-electron chi connectivity index (χ3n) is 7.47. The maximum absolute atomic E-state index is 13.5. The molecule has 1 fully saturated rings. The lowest BCUT2D eigenvalue weighted by Gasteiger charge is -2.38. The number of amides is 1. The van der Waals surface area contributed by atoms with Crippen LogP contribution in [0.2, 0.25) is 0 Å². The number of hydrogen-bond acceptors (Lipinski definition) is 6. The van der Waals surface area contributed by atoms with Gasteiger partial charge in [-0.3, -0.25) is 24.0 Å². The molecule has 8 heteroatoms. The van der Waals surface area contributed by atoms with E-state index in [9.17, 15) is 9.59 Å². The Hall–Kier alpha value is -3.26. The van der Waals surface area contributed by atoms with E-state index in [0.717, 1.165) is 61.4 Å². The van der Waals surface area contributed by atoms with Gasteiger partial charge in [0.2, 0.25) is 0 Å². The number of rotatable bonds is 3. The quantitative estimate of drug-likeness (QED) is 0.615. The second kappa shape index (κ2) is 7.95. The van der Waals surface area contributed by atoms with Gasteiger partial charge in [0.25, 0.3) is 11.5 Å². The molecule has 3 aliphatic rings. The van der Waals surface area contributed by atoms with Crippen molar-refractivity contribution in [1.29, 1.82) is 0 Å². The van der Waals surface area contributed by atoms with Gasteiger partial charge >= 0.3 is 0 Å². The van der Waals surface area contributed by atoms with Gasteiger partial charge < -0.3 is 9.32 Å². The Morgan fingerprint density at radius 1 is 1.15 bits per heavy atom. The Balaban J connectivity index is 1.17. The first-order valence-electron chi connectivity index (χ1n) is 11.7. The van der Waals surface area contributed by atoms with E-state index in [4.69, 9.17) is 9.40 Å². The second-order valence-corrected chi connectivity index (χ2v) is 9.61. The van der Waals surface area contributed by atoms with E-state index >= 15 is 0 Å². The molecular weight excluding hydrogens is 418 g/mol. The Labute approximate surface area is 191 Å². The smallest absolute Gasteiger partial charge is 0.289 e. The summed E-state index contributed by atoms with van der Waals surface area (Å²) in [5, 5.41) is 0. The summed E-state index contributed by atoms with van der Waals surface area (Å²) in [6.07, 6.45) is 8.57. The van der Waals surface area contributed by atoms with Gasteiger partial charge in [0.05, 0.1) is 17.5 Å². The predicted molar refractivity (Wildman–Crippen MR) is 121 cm³/mol. The van der Waals surface area contributed by atoms with E-state index in [2.05, 4.69) is 16.0 Å². The molecule has 3 aliphatic heterocycles. The largest absolute Gasteiger partial charge is 0.459 e. The number of carbonyl (C=O) groups excluding carboxylic acids is 1. The van der Waals surface area contributed by atoms with Crippen LogP contribution in [0.3, 0.4) is 0 Å². The molecular formula is C25H27N5O3. The number of carbonyl (C=O) groups is 1. The fourth-order valence-electron chi connectivity index (χ4n) is 5.60. The first kappa shape index (κ1) is 20.4. The summed E-state index contributed by atoms with van der Waals surface area (Å²) in [6.45, 7) is 4.38. The average molecular weight is 446 g/mol. The molecule has 3 aromatic rings. The van der Waals surface area contributed by atoms with E-state index in [0.29, 0.717) is 31.9 Å². The third kappa shape index (κ3) is 3.68. The zero-order valence-electron chi connectivity index (χ0n) is 18.6. The molecule has 0 unspecified atom stereocenters. The normalized spacial score (nSPS) is 19.5. The van der Waals surface area contributed by atoms with Gasteiger partial charge in [-0.1, -0.05) is 6.07 Å². The second-order valence-electron chi connectivity index (χ2n) is 9.61. The van der Waals surface area contributed by atoms with Crippen LogP contribution in [0.5, 0.6) is 0 Å². The van der Waals surface area contributed by atoms with Crippen LogP contribution in [0.4, 0.5) is 0 Å². The van der Waals surface area contributed by atoms with Crippen LogP contribution >= 0.6 is 0 Å². The molecule has 0 aromatic carbocycles. The fraction of sp³-hybridized carbons (Fsp3) is 0.440. The standard InChI is InChI=1S/C25H27N5O3/c31-23-19-16-28(15-18-3-1-8-26-14-18)9-5-20(19)27-22-13-25(17-30(22)23)6-10-29(11-7-25)24(32)21-4-2-12-33-21/h1-4,8,12,14H,5-7,9-11,13,15-17H2. The van der Waals surface area contributed by atoms with Crippen molar-refractivity contribution in [2.45, 2.75) is 45.3 Å². The van der Waals surface area contributed by atoms with Gasteiger partial charge in [-0.25, -0.2) is 4.98 Å². The van der Waals surface area contributed by atoms with Crippen LogP contribution in [0, 0.1) is 5.41 Å². The van der Waals surface area contributed by atoms with Crippen LogP contribution in [-0.4, -0.2) is 49.9 Å². The zero-order chi connectivity index (χ0) is 22.4. The van der Waals surface area contributed by atoms with Crippen molar-refractivity contribution in [3.63, 3.8) is 0 Å². The van der Waals surface area contributed by atoms with Gasteiger partial charge in [-0.15, -0.1) is 0 Å². The molecule has 3 aromatic heterocycles. The first-order valence-corrected chi connectivity index (χ1v) is 11.7. The van der Waals surface area contributed by atoms with E-state index in [1.165, 1.54) is 6.26 Å². The SMILES string of the molecule is O=C(c1ccco1)N1CCC2(CC1)Cc1nc3c(c(=O)n1C2)CN(Cc1cccnc1)CC3. The number of furan rings is 1. The van der Waals surface area contributed by atoms with E-state index in [1.54, 1.807) is 18.3 Å². The number of aromatic nitrogens is 3. The number of likely N-dealkylation sites (tertiary alicyclic amines) is 1. The molecule has 1 amide bonds. The van der Waals surface area contributed by atoms with Gasteiger partial charge in [0, 0.05) is 64.5 Å². The fourth-order valence-corrected chi connectivity index (χ4v) is 5.60. The molecule has 1 spiro atoms. The van der Waals surface area contributed by atoms with Gasteiger partial charge in [-0.2, -0.15) is 0 Å². The zero-order valence-corrected chi connectivity index (χ0v) is 18.6. The summed E-state index contributed by atoms with van der Waals surface area (Å²) in [5.41, 5.74) is 3.10. The Kier molecular flexibility index (Phi) is 4.90. The van der Waals surface area contributed by atoms with Crippen LogP contribution in [0.15, 0.2) is 52.1 Å². The number of pyridine rings is 1. The summed E-state index contributed by atoms with van der Waals surface area (Å²) in [4.78, 5) is 39.4. The summed E-state index contributed by atoms with van der Waals surface area (Å²) in [6, 6.07) is 7.47. The van der Waals surface area contributed by atoms with E-state index in [-0.39, 0.29) is 16.9 Å². The van der Waals surface area contributed by atoms with Crippen molar-refractivity contribution in [2.24, 2.45) is 5.41 Å². The maximum atomic E-state index is 13.5. The molecule has 0 saturated carbocycles. The molecule has 0 N–H and O–H groups in total. The minimum Gasteiger partial charge on any atom is -0.459 e. The number of fused-ring (bicyclic) bond motifs is 2. The van der Waals surface area contributed by atoms with E-state index in [1.807, 2.05) is 21.7 Å². The minimum absolute atomic E-state index is 0.0123. The van der Waals surface area contributed by atoms with Crippen molar-refractivity contribution < 1.29 is 9.21 Å². The highest BCUT2D eigenvalue weighted by molar-refractivity contribution is 5.91. The van der Waals surface area contributed by atoms with Crippen LogP contribution in [0.25, 0.3) is 0 Å². The highest BCUT2D eigenvalue weighted by Crippen LogP contribution is 2.41. The van der Waals surface area contributed by atoms with Crippen LogP contribution in [0.1, 0.15) is 46.0 Å². The average Bonchev–Trinajstić information content (AvgIpc) is 3.49. The number of nitrogens with zero attached hydrogens (tertiary/aromatic N) is 5. The minimum atomic E-state index is -0.0511. The van der Waals surface area contributed by atoms with Crippen molar-refractivity contribution in [2.75, 3.05) is 19.6 Å².